The Morgan fingerprint density at radius 3 is 2.52 bits per heavy atom. The highest BCUT2D eigenvalue weighted by molar-refractivity contribution is 7.98. The van der Waals surface area contributed by atoms with Gasteiger partial charge in [0, 0.05) is 10.6 Å². The highest BCUT2D eigenvalue weighted by Gasteiger charge is 2.32. The highest BCUT2D eigenvalue weighted by atomic mass is 32.2. The van der Waals surface area contributed by atoms with Gasteiger partial charge in [-0.3, -0.25) is 0 Å². The Bertz CT molecular complexity index is 711. The molecule has 0 saturated carbocycles. The second-order valence-corrected chi connectivity index (χ2v) is 6.00. The molecular formula is C17H15F3O2S. The van der Waals surface area contributed by atoms with Crippen LogP contribution in [-0.2, 0) is 16.7 Å². The molecule has 0 fully saturated rings. The molecule has 2 nitrogen and oxygen atoms in total. The molecule has 0 saturated heterocycles. The first-order valence-electron chi connectivity index (χ1n) is 6.79. The van der Waals surface area contributed by atoms with Crippen molar-refractivity contribution in [3.63, 3.8) is 0 Å². The number of methoxy groups -OCH3 is 1. The molecule has 0 N–H and O–H groups in total. The smallest absolute Gasteiger partial charge is 0.416 e. The second-order valence-electron chi connectivity index (χ2n) is 4.98. The number of halogens is 3. The molecule has 0 amide bonds. The number of thioether (sulfide) groups is 1. The van der Waals surface area contributed by atoms with E-state index in [0.717, 1.165) is 30.4 Å². The van der Waals surface area contributed by atoms with E-state index in [4.69, 9.17) is 0 Å². The fourth-order valence-electron chi connectivity index (χ4n) is 2.06. The third kappa shape index (κ3) is 4.51. The number of hydrogen-bond acceptors (Lipinski definition) is 3. The molecule has 0 bridgehead atoms. The van der Waals surface area contributed by atoms with Crippen molar-refractivity contribution in [3.05, 3.63) is 64.7 Å². The van der Waals surface area contributed by atoms with Crippen LogP contribution in [0.15, 0.2) is 47.4 Å². The number of alkyl halides is 3. The molecule has 0 heterocycles. The summed E-state index contributed by atoms with van der Waals surface area (Å²) in [5.41, 5.74) is 1.20. The van der Waals surface area contributed by atoms with Crippen LogP contribution in [0.25, 0.3) is 0 Å². The summed E-state index contributed by atoms with van der Waals surface area (Å²) in [5.74, 6) is -0.223. The molecular weight excluding hydrogens is 325 g/mol. The van der Waals surface area contributed by atoms with E-state index in [-0.39, 0.29) is 5.56 Å². The van der Waals surface area contributed by atoms with Crippen LogP contribution in [0.1, 0.15) is 27.0 Å². The SMILES string of the molecule is COC(=O)c1cc(C(F)(F)F)ccc1SCc1cccc(C)c1. The zero-order valence-electron chi connectivity index (χ0n) is 12.6. The van der Waals surface area contributed by atoms with Crippen LogP contribution in [-0.4, -0.2) is 13.1 Å². The molecule has 0 aliphatic heterocycles. The van der Waals surface area contributed by atoms with E-state index in [9.17, 15) is 18.0 Å². The monoisotopic (exact) mass is 340 g/mol. The maximum Gasteiger partial charge on any atom is 0.416 e. The number of esters is 1. The largest absolute Gasteiger partial charge is 0.465 e. The van der Waals surface area contributed by atoms with Gasteiger partial charge in [-0.1, -0.05) is 29.8 Å². The predicted octanol–water partition coefficient (Wildman–Crippen LogP) is 5.09. The van der Waals surface area contributed by atoms with Crippen LogP contribution < -0.4 is 0 Å². The molecule has 0 unspecified atom stereocenters. The van der Waals surface area contributed by atoms with Crippen LogP contribution in [0, 0.1) is 6.92 Å². The van der Waals surface area contributed by atoms with Crippen molar-refractivity contribution in [2.75, 3.05) is 7.11 Å². The molecule has 2 aromatic carbocycles. The zero-order chi connectivity index (χ0) is 17.0. The van der Waals surface area contributed by atoms with Gasteiger partial charge in [-0.15, -0.1) is 11.8 Å². The van der Waals surface area contributed by atoms with Crippen molar-refractivity contribution in [1.29, 1.82) is 0 Å². The Kier molecular flexibility index (Phi) is 5.36. The van der Waals surface area contributed by atoms with Crippen LogP contribution in [0.3, 0.4) is 0 Å². The second kappa shape index (κ2) is 7.08. The van der Waals surface area contributed by atoms with E-state index in [1.807, 2.05) is 31.2 Å². The number of carbonyl (C=O) groups is 1. The molecule has 23 heavy (non-hydrogen) atoms. The van der Waals surface area contributed by atoms with E-state index >= 15 is 0 Å². The lowest BCUT2D eigenvalue weighted by Crippen LogP contribution is -2.09. The van der Waals surface area contributed by atoms with E-state index in [0.29, 0.717) is 10.6 Å². The van der Waals surface area contributed by atoms with E-state index in [1.165, 1.54) is 17.8 Å². The minimum Gasteiger partial charge on any atom is -0.465 e. The first-order valence-corrected chi connectivity index (χ1v) is 7.77. The molecule has 2 aromatic rings. The minimum atomic E-state index is -4.50. The van der Waals surface area contributed by atoms with Crippen molar-refractivity contribution >= 4 is 17.7 Å². The summed E-state index contributed by atoms with van der Waals surface area (Å²) in [5, 5.41) is 0. The molecule has 2 rings (SSSR count). The summed E-state index contributed by atoms with van der Waals surface area (Å²) < 4.78 is 43.0. The molecule has 122 valence electrons. The van der Waals surface area contributed by atoms with Crippen LogP contribution >= 0.6 is 11.8 Å². The first kappa shape index (κ1) is 17.4. The highest BCUT2D eigenvalue weighted by Crippen LogP contribution is 2.34. The predicted molar refractivity (Wildman–Crippen MR) is 83.5 cm³/mol. The van der Waals surface area contributed by atoms with Crippen molar-refractivity contribution in [2.45, 2.75) is 23.7 Å². The molecule has 0 radical (unpaired) electrons. The lowest BCUT2D eigenvalue weighted by molar-refractivity contribution is -0.137. The van der Waals surface area contributed by atoms with Gasteiger partial charge in [0.25, 0.3) is 0 Å². The molecule has 0 atom stereocenters. The number of hydrogen-bond donors (Lipinski definition) is 0. The van der Waals surface area contributed by atoms with Gasteiger partial charge >= 0.3 is 12.1 Å². The van der Waals surface area contributed by atoms with Gasteiger partial charge in [-0.05, 0) is 30.7 Å². The van der Waals surface area contributed by atoms with Gasteiger partial charge in [0.1, 0.15) is 0 Å². The maximum absolute atomic E-state index is 12.8. The van der Waals surface area contributed by atoms with Gasteiger partial charge in [-0.25, -0.2) is 4.79 Å². The minimum absolute atomic E-state index is 0.0695. The van der Waals surface area contributed by atoms with Gasteiger partial charge < -0.3 is 4.74 Å². The average molecular weight is 340 g/mol. The van der Waals surface area contributed by atoms with Gasteiger partial charge in [0.15, 0.2) is 0 Å². The number of carbonyl (C=O) groups excluding carboxylic acids is 1. The van der Waals surface area contributed by atoms with Crippen molar-refractivity contribution in [1.82, 2.24) is 0 Å². The van der Waals surface area contributed by atoms with Crippen LogP contribution in [0.5, 0.6) is 0 Å². The maximum atomic E-state index is 12.8. The Morgan fingerprint density at radius 2 is 1.91 bits per heavy atom. The van der Waals surface area contributed by atoms with Crippen LogP contribution in [0.2, 0.25) is 0 Å². The summed E-state index contributed by atoms with van der Waals surface area (Å²) in [6, 6.07) is 10.9. The molecule has 0 spiro atoms. The van der Waals surface area contributed by atoms with Gasteiger partial charge in [0.05, 0.1) is 18.2 Å². The van der Waals surface area contributed by atoms with Crippen LogP contribution in [0.4, 0.5) is 13.2 Å². The molecule has 0 aliphatic carbocycles. The fraction of sp³-hybridized carbons (Fsp3) is 0.235. The van der Waals surface area contributed by atoms with Crippen molar-refractivity contribution in [2.24, 2.45) is 0 Å². The lowest BCUT2D eigenvalue weighted by Gasteiger charge is -2.12. The first-order chi connectivity index (χ1) is 10.8. The summed E-state index contributed by atoms with van der Waals surface area (Å²) >= 11 is 1.30. The zero-order valence-corrected chi connectivity index (χ0v) is 13.4. The number of rotatable bonds is 4. The third-order valence-electron chi connectivity index (χ3n) is 3.19. The van der Waals surface area contributed by atoms with Gasteiger partial charge in [-0.2, -0.15) is 13.2 Å². The summed E-state index contributed by atoms with van der Waals surface area (Å²) in [4.78, 5) is 12.2. The number of benzene rings is 2. The molecule has 0 aliphatic rings. The Hall–Kier alpha value is -1.95. The number of ether oxygens (including phenoxy) is 1. The fourth-order valence-corrected chi connectivity index (χ4v) is 3.03. The Labute approximate surface area is 136 Å². The Morgan fingerprint density at radius 1 is 1.17 bits per heavy atom. The Balaban J connectivity index is 2.28. The summed E-state index contributed by atoms with van der Waals surface area (Å²) in [6.07, 6.45) is -4.50. The summed E-state index contributed by atoms with van der Waals surface area (Å²) in [7, 11) is 1.15. The summed E-state index contributed by atoms with van der Waals surface area (Å²) in [6.45, 7) is 1.96. The topological polar surface area (TPSA) is 26.3 Å². The van der Waals surface area contributed by atoms with Gasteiger partial charge in [0.2, 0.25) is 0 Å². The quantitative estimate of drug-likeness (QED) is 0.573. The van der Waals surface area contributed by atoms with E-state index in [2.05, 4.69) is 4.74 Å². The van der Waals surface area contributed by atoms with E-state index in [1.54, 1.807) is 0 Å². The van der Waals surface area contributed by atoms with Crippen molar-refractivity contribution < 1.29 is 22.7 Å². The normalized spacial score (nSPS) is 11.3. The van der Waals surface area contributed by atoms with E-state index < -0.39 is 17.7 Å². The standard InChI is InChI=1S/C17H15F3O2S/c1-11-4-3-5-12(8-11)10-23-15-7-6-13(17(18,19)20)9-14(15)16(21)22-2/h3-9H,10H2,1-2H3. The average Bonchev–Trinajstić information content (AvgIpc) is 2.51. The lowest BCUT2D eigenvalue weighted by atomic mass is 10.1. The molecule has 6 heteroatoms. The molecule has 0 aromatic heterocycles. The third-order valence-corrected chi connectivity index (χ3v) is 4.33. The number of aryl methyl sites for hydroxylation is 1. The van der Waals surface area contributed by atoms with Crippen molar-refractivity contribution in [3.8, 4) is 0 Å².